The maximum absolute atomic E-state index is 11.3. The van der Waals surface area contributed by atoms with Crippen LogP contribution in [0.2, 0.25) is 0 Å². The number of hydrogen-bond donors (Lipinski definition) is 0. The Hall–Kier alpha value is 1.51. The van der Waals surface area contributed by atoms with Crippen molar-refractivity contribution in [3.05, 3.63) is 0 Å². The fraction of sp³-hybridized carbons (Fsp3) is 1.00. The topological polar surface area (TPSA) is 66.4 Å². The van der Waals surface area contributed by atoms with E-state index in [1.54, 1.807) is 0 Å². The Balaban J connectivity index is 0. The molecule has 0 rings (SSSR count). The molecule has 4 nitrogen and oxygen atoms in total. The van der Waals surface area contributed by atoms with Crippen molar-refractivity contribution in [2.24, 2.45) is 0 Å². The third kappa shape index (κ3) is 20.1. The van der Waals surface area contributed by atoms with Gasteiger partial charge in [0.25, 0.3) is 0 Å². The Bertz CT molecular complexity index is 360. The van der Waals surface area contributed by atoms with E-state index in [-0.39, 0.29) is 51.4 Å². The fourth-order valence-corrected chi connectivity index (χ4v) is 3.57. The van der Waals surface area contributed by atoms with Gasteiger partial charge in [-0.25, -0.2) is 8.42 Å². The van der Waals surface area contributed by atoms with Gasteiger partial charge in [0.05, 0.1) is 0 Å². The van der Waals surface area contributed by atoms with E-state index in [0.717, 1.165) is 44.9 Å². The Labute approximate surface area is 199 Å². The third-order valence-electron chi connectivity index (χ3n) is 4.42. The first-order chi connectivity index (χ1) is 11.5. The molecule has 0 spiro atoms. The summed E-state index contributed by atoms with van der Waals surface area (Å²) in [5.74, 6) is 0. The average molecular weight is 403 g/mol. The summed E-state index contributed by atoms with van der Waals surface area (Å²) in [7, 11) is -4.34. The van der Waals surface area contributed by atoms with E-state index in [0.29, 0.717) is 13.0 Å². The van der Waals surface area contributed by atoms with Crippen molar-refractivity contribution in [2.45, 2.75) is 116 Å². The molecule has 0 fully saturated rings. The van der Waals surface area contributed by atoms with Crippen molar-refractivity contribution < 1.29 is 69.1 Å². The zero-order valence-corrected chi connectivity index (χ0v) is 20.9. The van der Waals surface area contributed by atoms with Crippen LogP contribution in [0.3, 0.4) is 0 Å². The van der Waals surface area contributed by atoms with Gasteiger partial charge in [-0.1, -0.05) is 90.9 Å². The van der Waals surface area contributed by atoms with Gasteiger partial charge in [-0.2, -0.15) is 0 Å². The van der Waals surface area contributed by atoms with E-state index >= 15 is 0 Å². The van der Waals surface area contributed by atoms with Crippen molar-refractivity contribution in [1.82, 2.24) is 0 Å². The zero-order chi connectivity index (χ0) is 18.1. The quantitative estimate of drug-likeness (QED) is 0.201. The maximum Gasteiger partial charge on any atom is 1.00 e. The molecule has 0 saturated carbocycles. The molecule has 146 valence electrons. The van der Waals surface area contributed by atoms with Crippen molar-refractivity contribution in [3.63, 3.8) is 0 Å². The summed E-state index contributed by atoms with van der Waals surface area (Å²) in [6, 6.07) is 0. The van der Waals surface area contributed by atoms with Crippen LogP contribution in [0.1, 0.15) is 110 Å². The average Bonchev–Trinajstić information content (AvgIpc) is 2.53. The summed E-state index contributed by atoms with van der Waals surface area (Å²) in [4.78, 5) is 0. The van der Waals surface area contributed by atoms with Gasteiger partial charge in [0.2, 0.25) is 0 Å². The standard InChI is InChI=1S/C19H40O4S.K/c1-3-5-7-9-10-11-12-14-16-18-23-19(24(20,21)22)17-15-13-8-6-4-2;/h19H,3-18H2,1-2H3,(H,20,21,22);/q;+1/p-1. The van der Waals surface area contributed by atoms with E-state index in [9.17, 15) is 13.0 Å². The molecule has 25 heavy (non-hydrogen) atoms. The summed E-state index contributed by atoms with van der Waals surface area (Å²) >= 11 is 0. The molecule has 0 bridgehead atoms. The van der Waals surface area contributed by atoms with Crippen molar-refractivity contribution >= 4 is 10.1 Å². The van der Waals surface area contributed by atoms with Crippen LogP contribution in [0.4, 0.5) is 0 Å². The number of unbranched alkanes of at least 4 members (excludes halogenated alkanes) is 12. The molecule has 0 saturated heterocycles. The SMILES string of the molecule is CCCCCCCCCCCOC(CCCCCCC)S(=O)(=O)[O-].[K+]. The monoisotopic (exact) mass is 402 g/mol. The van der Waals surface area contributed by atoms with Gasteiger partial charge < -0.3 is 9.29 Å². The summed E-state index contributed by atoms with van der Waals surface area (Å²) in [5, 5.41) is 0. The Morgan fingerprint density at radius 3 is 1.56 bits per heavy atom. The normalized spacial score (nSPS) is 12.8. The number of ether oxygens (including phenoxy) is 1. The third-order valence-corrected chi connectivity index (χ3v) is 5.43. The zero-order valence-electron chi connectivity index (χ0n) is 16.9. The van der Waals surface area contributed by atoms with Gasteiger partial charge in [-0.3, -0.25) is 0 Å². The minimum absolute atomic E-state index is 0. The van der Waals surface area contributed by atoms with Gasteiger partial charge in [0.1, 0.15) is 15.6 Å². The minimum Gasteiger partial charge on any atom is -0.746 e. The summed E-state index contributed by atoms with van der Waals surface area (Å²) in [6.07, 6.45) is 16.3. The largest absolute Gasteiger partial charge is 1.00 e. The molecule has 0 aromatic heterocycles. The summed E-state index contributed by atoms with van der Waals surface area (Å²) < 4.78 is 39.2. The Morgan fingerprint density at radius 1 is 0.720 bits per heavy atom. The fourth-order valence-electron chi connectivity index (χ4n) is 2.85. The Morgan fingerprint density at radius 2 is 1.12 bits per heavy atom. The molecule has 0 aliphatic rings. The molecule has 0 aromatic rings. The second-order valence-corrected chi connectivity index (χ2v) is 8.34. The molecule has 0 N–H and O–H groups in total. The van der Waals surface area contributed by atoms with Crippen LogP contribution in [0.15, 0.2) is 0 Å². The van der Waals surface area contributed by atoms with Gasteiger partial charge in [0.15, 0.2) is 0 Å². The van der Waals surface area contributed by atoms with Crippen molar-refractivity contribution in [3.8, 4) is 0 Å². The molecule has 6 heteroatoms. The van der Waals surface area contributed by atoms with E-state index in [2.05, 4.69) is 13.8 Å². The van der Waals surface area contributed by atoms with Crippen molar-refractivity contribution in [1.29, 1.82) is 0 Å². The van der Waals surface area contributed by atoms with Gasteiger partial charge >= 0.3 is 51.4 Å². The molecule has 0 heterocycles. The van der Waals surface area contributed by atoms with Crippen molar-refractivity contribution in [2.75, 3.05) is 6.61 Å². The van der Waals surface area contributed by atoms with E-state index < -0.39 is 15.6 Å². The first kappa shape index (κ1) is 28.7. The predicted octanol–water partition coefficient (Wildman–Crippen LogP) is 2.77. The number of rotatable bonds is 18. The van der Waals surface area contributed by atoms with Crippen LogP contribution in [0.5, 0.6) is 0 Å². The predicted molar refractivity (Wildman–Crippen MR) is 100 cm³/mol. The summed E-state index contributed by atoms with van der Waals surface area (Å²) in [6.45, 7) is 4.75. The first-order valence-electron chi connectivity index (χ1n) is 10.1. The first-order valence-corrected chi connectivity index (χ1v) is 11.6. The van der Waals surface area contributed by atoms with Crippen LogP contribution in [-0.4, -0.2) is 25.0 Å². The van der Waals surface area contributed by atoms with Crippen LogP contribution in [0.25, 0.3) is 0 Å². The van der Waals surface area contributed by atoms with Crippen LogP contribution in [0, 0.1) is 0 Å². The molecule has 1 atom stereocenters. The maximum atomic E-state index is 11.3. The van der Waals surface area contributed by atoms with Gasteiger partial charge in [-0.05, 0) is 19.3 Å². The van der Waals surface area contributed by atoms with Crippen LogP contribution >= 0.6 is 0 Å². The molecule has 0 aliphatic carbocycles. The smallest absolute Gasteiger partial charge is 0.746 e. The second kappa shape index (κ2) is 20.2. The molecule has 1 unspecified atom stereocenters. The van der Waals surface area contributed by atoms with E-state index in [1.807, 2.05) is 0 Å². The second-order valence-electron chi connectivity index (χ2n) is 6.82. The van der Waals surface area contributed by atoms with Crippen LogP contribution < -0.4 is 51.4 Å². The van der Waals surface area contributed by atoms with E-state index in [4.69, 9.17) is 4.74 Å². The molecular weight excluding hydrogens is 363 g/mol. The van der Waals surface area contributed by atoms with E-state index in [1.165, 1.54) is 44.9 Å². The Kier molecular flexibility index (Phi) is 23.3. The molecular formula is C19H39KO4S. The minimum atomic E-state index is -4.34. The number of hydrogen-bond acceptors (Lipinski definition) is 4. The van der Waals surface area contributed by atoms with Gasteiger partial charge in [-0.15, -0.1) is 0 Å². The molecule has 0 radical (unpaired) electrons. The molecule has 0 aromatic carbocycles. The molecule has 0 aliphatic heterocycles. The van der Waals surface area contributed by atoms with Crippen LogP contribution in [-0.2, 0) is 14.9 Å². The summed E-state index contributed by atoms with van der Waals surface area (Å²) in [5.41, 5.74) is -1.15. The molecule has 0 amide bonds. The van der Waals surface area contributed by atoms with Gasteiger partial charge in [0, 0.05) is 6.61 Å².